The van der Waals surface area contributed by atoms with Crippen molar-refractivity contribution in [2.24, 2.45) is 17.6 Å². The molecule has 1 aliphatic heterocycles. The Balaban J connectivity index is 1.81. The first kappa shape index (κ1) is 12.3. The molecule has 98 valence electrons. The Kier molecular flexibility index (Phi) is 3.25. The number of hydrogen-bond donors (Lipinski definition) is 1. The van der Waals surface area contributed by atoms with Crippen molar-refractivity contribution in [2.75, 3.05) is 18.0 Å². The van der Waals surface area contributed by atoms with Crippen molar-refractivity contribution < 1.29 is 0 Å². The van der Waals surface area contributed by atoms with E-state index in [1.807, 2.05) is 13.0 Å². The van der Waals surface area contributed by atoms with Gasteiger partial charge >= 0.3 is 0 Å². The van der Waals surface area contributed by atoms with E-state index in [1.165, 1.54) is 38.0 Å². The molecule has 2 aliphatic rings. The predicted octanol–water partition coefficient (Wildman–Crippen LogP) is 3.60. The number of fused-ring (bicyclic) bond motifs is 1. The third-order valence-corrected chi connectivity index (χ3v) is 4.87. The van der Waals surface area contributed by atoms with E-state index in [1.54, 1.807) is 0 Å². The van der Waals surface area contributed by atoms with Crippen LogP contribution in [0.1, 0.15) is 37.8 Å². The molecular formula is C15H21ClN2. The third kappa shape index (κ3) is 2.12. The summed E-state index contributed by atoms with van der Waals surface area (Å²) >= 11 is 6.41. The highest BCUT2D eigenvalue weighted by Gasteiger charge is 2.36. The molecule has 3 atom stereocenters. The van der Waals surface area contributed by atoms with Gasteiger partial charge in [-0.2, -0.15) is 0 Å². The van der Waals surface area contributed by atoms with Gasteiger partial charge in [0.05, 0.1) is 10.7 Å². The Hall–Kier alpha value is -0.730. The zero-order chi connectivity index (χ0) is 12.7. The summed E-state index contributed by atoms with van der Waals surface area (Å²) in [6.45, 7) is 4.36. The first-order valence-corrected chi connectivity index (χ1v) is 7.33. The van der Waals surface area contributed by atoms with Crippen molar-refractivity contribution >= 4 is 17.3 Å². The van der Waals surface area contributed by atoms with Gasteiger partial charge in [-0.05, 0) is 49.3 Å². The zero-order valence-corrected chi connectivity index (χ0v) is 11.7. The molecule has 0 spiro atoms. The third-order valence-electron chi connectivity index (χ3n) is 4.56. The molecule has 1 aliphatic carbocycles. The first-order valence-electron chi connectivity index (χ1n) is 6.95. The summed E-state index contributed by atoms with van der Waals surface area (Å²) in [5.74, 6) is 1.79. The van der Waals surface area contributed by atoms with Gasteiger partial charge < -0.3 is 10.6 Å². The standard InChI is InChI=1S/C15H21ClN2/c1-10(17)11-5-6-15(14(16)7-11)18-8-12-3-2-4-13(12)9-18/h5-7,10,12-13H,2-4,8-9,17H2,1H3. The molecule has 3 rings (SSSR count). The topological polar surface area (TPSA) is 29.3 Å². The molecule has 0 amide bonds. The number of rotatable bonds is 2. The zero-order valence-electron chi connectivity index (χ0n) is 10.9. The Morgan fingerprint density at radius 3 is 2.50 bits per heavy atom. The lowest BCUT2D eigenvalue weighted by Crippen LogP contribution is -2.21. The Morgan fingerprint density at radius 1 is 1.28 bits per heavy atom. The molecule has 2 nitrogen and oxygen atoms in total. The molecule has 1 aromatic rings. The van der Waals surface area contributed by atoms with E-state index in [2.05, 4.69) is 17.0 Å². The minimum atomic E-state index is 0.0505. The number of nitrogens with two attached hydrogens (primary N) is 1. The molecule has 1 heterocycles. The lowest BCUT2D eigenvalue weighted by atomic mass is 10.0. The molecule has 18 heavy (non-hydrogen) atoms. The van der Waals surface area contributed by atoms with Gasteiger partial charge in [-0.25, -0.2) is 0 Å². The van der Waals surface area contributed by atoms with Crippen LogP contribution in [0, 0.1) is 11.8 Å². The van der Waals surface area contributed by atoms with Gasteiger partial charge in [0, 0.05) is 19.1 Å². The quantitative estimate of drug-likeness (QED) is 0.884. The van der Waals surface area contributed by atoms with Crippen LogP contribution in [0.5, 0.6) is 0 Å². The smallest absolute Gasteiger partial charge is 0.0642 e. The van der Waals surface area contributed by atoms with Gasteiger partial charge in [-0.1, -0.05) is 24.1 Å². The van der Waals surface area contributed by atoms with Crippen LogP contribution in [0.25, 0.3) is 0 Å². The maximum Gasteiger partial charge on any atom is 0.0642 e. The van der Waals surface area contributed by atoms with Crippen LogP contribution in [0.3, 0.4) is 0 Å². The van der Waals surface area contributed by atoms with Gasteiger partial charge in [-0.15, -0.1) is 0 Å². The van der Waals surface area contributed by atoms with E-state index in [4.69, 9.17) is 17.3 Å². The SMILES string of the molecule is CC(N)c1ccc(N2CC3CCCC3C2)c(Cl)c1. The fraction of sp³-hybridized carbons (Fsp3) is 0.600. The minimum absolute atomic E-state index is 0.0505. The van der Waals surface area contributed by atoms with Crippen molar-refractivity contribution in [3.05, 3.63) is 28.8 Å². The number of hydrogen-bond acceptors (Lipinski definition) is 2. The van der Waals surface area contributed by atoms with Crippen LogP contribution < -0.4 is 10.6 Å². The summed E-state index contributed by atoms with van der Waals surface area (Å²) < 4.78 is 0. The van der Waals surface area contributed by atoms with Crippen LogP contribution in [0.2, 0.25) is 5.02 Å². The van der Waals surface area contributed by atoms with Crippen LogP contribution in [-0.2, 0) is 0 Å². The average Bonchev–Trinajstić information content (AvgIpc) is 2.88. The maximum absolute atomic E-state index is 6.41. The Bertz CT molecular complexity index is 432. The highest BCUT2D eigenvalue weighted by Crippen LogP contribution is 2.41. The lowest BCUT2D eigenvalue weighted by molar-refractivity contribution is 0.494. The van der Waals surface area contributed by atoms with Gasteiger partial charge in [0.25, 0.3) is 0 Å². The molecule has 3 unspecified atom stereocenters. The van der Waals surface area contributed by atoms with Gasteiger partial charge in [0.15, 0.2) is 0 Å². The second-order valence-corrected chi connectivity index (χ2v) is 6.26. The molecule has 0 aromatic heterocycles. The summed E-state index contributed by atoms with van der Waals surface area (Å²) in [5.41, 5.74) is 8.19. The van der Waals surface area contributed by atoms with E-state index in [0.29, 0.717) is 0 Å². The van der Waals surface area contributed by atoms with E-state index in [9.17, 15) is 0 Å². The molecule has 1 aromatic carbocycles. The van der Waals surface area contributed by atoms with Crippen molar-refractivity contribution in [3.8, 4) is 0 Å². The van der Waals surface area contributed by atoms with E-state index < -0.39 is 0 Å². The van der Waals surface area contributed by atoms with Crippen LogP contribution >= 0.6 is 11.6 Å². The second kappa shape index (κ2) is 4.75. The summed E-state index contributed by atoms with van der Waals surface area (Å²) in [7, 11) is 0. The molecular weight excluding hydrogens is 244 g/mol. The van der Waals surface area contributed by atoms with Crippen LogP contribution in [-0.4, -0.2) is 13.1 Å². The fourth-order valence-corrected chi connectivity index (χ4v) is 3.80. The van der Waals surface area contributed by atoms with Crippen LogP contribution in [0.15, 0.2) is 18.2 Å². The fourth-order valence-electron chi connectivity index (χ4n) is 3.49. The van der Waals surface area contributed by atoms with Crippen molar-refractivity contribution in [1.29, 1.82) is 0 Å². The average molecular weight is 265 g/mol. The summed E-state index contributed by atoms with van der Waals surface area (Å²) in [4.78, 5) is 2.46. The van der Waals surface area contributed by atoms with Crippen molar-refractivity contribution in [1.82, 2.24) is 0 Å². The predicted molar refractivity (Wildman–Crippen MR) is 77.1 cm³/mol. The van der Waals surface area contributed by atoms with E-state index >= 15 is 0 Å². The largest absolute Gasteiger partial charge is 0.370 e. The minimum Gasteiger partial charge on any atom is -0.370 e. The number of benzene rings is 1. The molecule has 2 N–H and O–H groups in total. The summed E-state index contributed by atoms with van der Waals surface area (Å²) in [5, 5.41) is 0.852. The molecule has 3 heteroatoms. The molecule has 1 saturated heterocycles. The number of halogens is 1. The van der Waals surface area contributed by atoms with E-state index in [0.717, 1.165) is 22.4 Å². The highest BCUT2D eigenvalue weighted by atomic mass is 35.5. The Labute approximate surface area is 114 Å². The summed E-state index contributed by atoms with van der Waals surface area (Å²) in [6.07, 6.45) is 4.22. The molecule has 0 radical (unpaired) electrons. The molecule has 0 bridgehead atoms. The highest BCUT2D eigenvalue weighted by molar-refractivity contribution is 6.33. The van der Waals surface area contributed by atoms with E-state index in [-0.39, 0.29) is 6.04 Å². The van der Waals surface area contributed by atoms with Crippen molar-refractivity contribution in [3.63, 3.8) is 0 Å². The van der Waals surface area contributed by atoms with Gasteiger partial charge in [0.1, 0.15) is 0 Å². The summed E-state index contributed by atoms with van der Waals surface area (Å²) in [6, 6.07) is 6.33. The lowest BCUT2D eigenvalue weighted by Gasteiger charge is -2.22. The number of nitrogens with zero attached hydrogens (tertiary/aromatic N) is 1. The molecule has 2 fully saturated rings. The number of anilines is 1. The second-order valence-electron chi connectivity index (χ2n) is 5.86. The monoisotopic (exact) mass is 264 g/mol. The Morgan fingerprint density at radius 2 is 1.94 bits per heavy atom. The molecule has 1 saturated carbocycles. The normalized spacial score (nSPS) is 28.5. The van der Waals surface area contributed by atoms with Gasteiger partial charge in [-0.3, -0.25) is 0 Å². The van der Waals surface area contributed by atoms with Crippen LogP contribution in [0.4, 0.5) is 5.69 Å². The van der Waals surface area contributed by atoms with Crippen molar-refractivity contribution in [2.45, 2.75) is 32.2 Å². The first-order chi connectivity index (χ1) is 8.65. The maximum atomic E-state index is 6.41. The van der Waals surface area contributed by atoms with Gasteiger partial charge in [0.2, 0.25) is 0 Å².